The summed E-state index contributed by atoms with van der Waals surface area (Å²) >= 11 is 1.53. The molecule has 0 radical (unpaired) electrons. The molecule has 1 N–H and O–H groups in total. The smallest absolute Gasteiger partial charge is 0.244 e. The van der Waals surface area contributed by atoms with Crippen molar-refractivity contribution < 1.29 is 14.3 Å². The summed E-state index contributed by atoms with van der Waals surface area (Å²) in [5, 5.41) is 14.0. The maximum atomic E-state index is 12.6. The number of anilines is 1. The lowest BCUT2D eigenvalue weighted by Crippen LogP contribution is -2.18. The van der Waals surface area contributed by atoms with Gasteiger partial charge in [-0.05, 0) is 30.9 Å². The van der Waals surface area contributed by atoms with Gasteiger partial charge >= 0.3 is 0 Å². The van der Waals surface area contributed by atoms with E-state index >= 15 is 0 Å². The number of amides is 1. The van der Waals surface area contributed by atoms with Crippen LogP contribution in [0.2, 0.25) is 0 Å². The van der Waals surface area contributed by atoms with Crippen molar-refractivity contribution in [2.75, 3.05) is 19.5 Å². The zero-order valence-electron chi connectivity index (χ0n) is 15.2. The van der Waals surface area contributed by atoms with Crippen LogP contribution in [0.4, 0.5) is 5.00 Å². The van der Waals surface area contributed by atoms with Gasteiger partial charge in [0.1, 0.15) is 29.1 Å². The van der Waals surface area contributed by atoms with Crippen LogP contribution in [0, 0.1) is 11.3 Å². The molecule has 7 heteroatoms. The van der Waals surface area contributed by atoms with Crippen LogP contribution in [0.5, 0.6) is 11.5 Å². The molecular weight excluding hydrogens is 362 g/mol. The lowest BCUT2D eigenvalue weighted by atomic mass is 10.1. The van der Waals surface area contributed by atoms with Crippen molar-refractivity contribution in [1.29, 1.82) is 5.26 Å². The third-order valence-electron chi connectivity index (χ3n) is 4.88. The highest BCUT2D eigenvalue weighted by molar-refractivity contribution is 7.16. The molecule has 0 saturated carbocycles. The molecule has 1 aromatic carbocycles. The summed E-state index contributed by atoms with van der Waals surface area (Å²) in [6.45, 7) is 0.146. The summed E-state index contributed by atoms with van der Waals surface area (Å²) in [5.74, 6) is 1.21. The van der Waals surface area contributed by atoms with E-state index in [-0.39, 0.29) is 12.5 Å². The fourth-order valence-corrected chi connectivity index (χ4v) is 4.85. The first kappa shape index (κ1) is 17.4. The van der Waals surface area contributed by atoms with Crippen molar-refractivity contribution in [3.63, 3.8) is 0 Å². The van der Waals surface area contributed by atoms with Crippen LogP contribution in [-0.4, -0.2) is 24.7 Å². The van der Waals surface area contributed by atoms with E-state index in [9.17, 15) is 10.1 Å². The molecule has 0 fully saturated rings. The molecule has 1 aliphatic carbocycles. The Morgan fingerprint density at radius 2 is 2.19 bits per heavy atom. The number of thiophene rings is 1. The van der Waals surface area contributed by atoms with Crippen molar-refractivity contribution in [3.05, 3.63) is 40.4 Å². The third-order valence-corrected chi connectivity index (χ3v) is 6.09. The number of carbonyl (C=O) groups excluding carboxylic acids is 1. The van der Waals surface area contributed by atoms with Gasteiger partial charge < -0.3 is 19.4 Å². The molecule has 2 aromatic heterocycles. The highest BCUT2D eigenvalue weighted by Gasteiger charge is 2.23. The molecule has 3 aromatic rings. The molecule has 138 valence electrons. The number of ether oxygens (including phenoxy) is 2. The predicted molar refractivity (Wildman–Crippen MR) is 105 cm³/mol. The minimum atomic E-state index is -0.161. The largest absolute Gasteiger partial charge is 0.497 e. The van der Waals surface area contributed by atoms with Crippen LogP contribution in [0.3, 0.4) is 0 Å². The molecule has 1 aliphatic rings. The number of methoxy groups -OCH3 is 2. The lowest BCUT2D eigenvalue weighted by Gasteiger charge is -2.10. The van der Waals surface area contributed by atoms with Gasteiger partial charge in [-0.25, -0.2) is 0 Å². The van der Waals surface area contributed by atoms with Crippen molar-refractivity contribution in [2.24, 2.45) is 0 Å². The van der Waals surface area contributed by atoms with E-state index in [1.54, 1.807) is 14.2 Å². The first-order valence-corrected chi connectivity index (χ1v) is 9.51. The van der Waals surface area contributed by atoms with Crippen LogP contribution in [0.1, 0.15) is 22.4 Å². The van der Waals surface area contributed by atoms with E-state index in [0.29, 0.717) is 22.1 Å². The number of rotatable bonds is 5. The zero-order chi connectivity index (χ0) is 19.0. The molecule has 0 saturated heterocycles. The zero-order valence-corrected chi connectivity index (χ0v) is 16.0. The van der Waals surface area contributed by atoms with Gasteiger partial charge in [-0.15, -0.1) is 11.3 Å². The van der Waals surface area contributed by atoms with Gasteiger partial charge in [0.05, 0.1) is 25.3 Å². The topological polar surface area (TPSA) is 76.3 Å². The molecule has 27 heavy (non-hydrogen) atoms. The monoisotopic (exact) mass is 381 g/mol. The number of benzene rings is 1. The molecule has 0 aliphatic heterocycles. The Kier molecular flexibility index (Phi) is 4.50. The van der Waals surface area contributed by atoms with E-state index in [2.05, 4.69) is 11.4 Å². The maximum absolute atomic E-state index is 12.6. The summed E-state index contributed by atoms with van der Waals surface area (Å²) in [6, 6.07) is 7.87. The fourth-order valence-electron chi connectivity index (χ4n) is 3.59. The fraction of sp³-hybridized carbons (Fsp3) is 0.300. The van der Waals surface area contributed by atoms with Crippen LogP contribution in [0.25, 0.3) is 10.9 Å². The lowest BCUT2D eigenvalue weighted by molar-refractivity contribution is -0.116. The molecule has 0 spiro atoms. The second-order valence-corrected chi connectivity index (χ2v) is 7.53. The van der Waals surface area contributed by atoms with Crippen molar-refractivity contribution in [1.82, 2.24) is 4.57 Å². The second kappa shape index (κ2) is 6.97. The van der Waals surface area contributed by atoms with Gasteiger partial charge in [0.15, 0.2) is 0 Å². The highest BCUT2D eigenvalue weighted by atomic mass is 32.1. The SMILES string of the molecule is COc1cc(OC)c2ccn(CC(=O)Nc3sc4c(c3C#N)CCC4)c2c1. The molecule has 6 nitrogen and oxygen atoms in total. The van der Waals surface area contributed by atoms with Crippen LogP contribution >= 0.6 is 11.3 Å². The number of carbonyl (C=O) groups is 1. The molecule has 4 rings (SSSR count). The van der Waals surface area contributed by atoms with Gasteiger partial charge in [0.25, 0.3) is 0 Å². The molecule has 1 amide bonds. The Balaban J connectivity index is 1.60. The summed E-state index contributed by atoms with van der Waals surface area (Å²) in [5.41, 5.74) is 2.59. The first-order chi connectivity index (χ1) is 13.1. The van der Waals surface area contributed by atoms with Crippen molar-refractivity contribution in [3.8, 4) is 17.6 Å². The summed E-state index contributed by atoms with van der Waals surface area (Å²) in [7, 11) is 3.21. The first-order valence-electron chi connectivity index (χ1n) is 8.70. The van der Waals surface area contributed by atoms with Crippen molar-refractivity contribution >= 4 is 33.1 Å². The Labute approximate surface area is 160 Å². The average molecular weight is 381 g/mol. The van der Waals surface area contributed by atoms with Crippen molar-refractivity contribution in [2.45, 2.75) is 25.8 Å². The predicted octanol–water partition coefficient (Wildman–Crippen LogP) is 3.72. The summed E-state index contributed by atoms with van der Waals surface area (Å²) in [6.07, 6.45) is 4.85. The number of hydrogen-bond acceptors (Lipinski definition) is 5. The minimum Gasteiger partial charge on any atom is -0.497 e. The van der Waals surface area contributed by atoms with Gasteiger partial charge in [0, 0.05) is 28.6 Å². The molecular formula is C20H19N3O3S. The van der Waals surface area contributed by atoms with E-state index in [1.807, 2.05) is 29.0 Å². The maximum Gasteiger partial charge on any atom is 0.244 e. The Hall–Kier alpha value is -2.98. The third kappa shape index (κ3) is 3.02. The van der Waals surface area contributed by atoms with Gasteiger partial charge in [0.2, 0.25) is 5.91 Å². The number of fused-ring (bicyclic) bond motifs is 2. The molecule has 0 atom stereocenters. The van der Waals surface area contributed by atoms with Gasteiger partial charge in [-0.1, -0.05) is 0 Å². The van der Waals surface area contributed by atoms with Crippen LogP contribution < -0.4 is 14.8 Å². The number of nitriles is 1. The number of aromatic nitrogens is 1. The highest BCUT2D eigenvalue weighted by Crippen LogP contribution is 2.38. The quantitative estimate of drug-likeness (QED) is 0.731. The van der Waals surface area contributed by atoms with E-state index < -0.39 is 0 Å². The van der Waals surface area contributed by atoms with E-state index in [1.165, 1.54) is 16.2 Å². The normalized spacial score (nSPS) is 12.6. The van der Waals surface area contributed by atoms with E-state index in [0.717, 1.165) is 35.7 Å². The molecule has 2 heterocycles. The Morgan fingerprint density at radius 3 is 2.93 bits per heavy atom. The Morgan fingerprint density at radius 1 is 1.33 bits per heavy atom. The minimum absolute atomic E-state index is 0.146. The van der Waals surface area contributed by atoms with E-state index in [4.69, 9.17) is 9.47 Å². The molecule has 0 unspecified atom stereocenters. The van der Waals surface area contributed by atoms with Gasteiger partial charge in [-0.3, -0.25) is 4.79 Å². The Bertz CT molecular complexity index is 1070. The van der Waals surface area contributed by atoms with Gasteiger partial charge in [-0.2, -0.15) is 5.26 Å². The van der Waals surface area contributed by atoms with Crippen LogP contribution in [-0.2, 0) is 24.2 Å². The second-order valence-electron chi connectivity index (χ2n) is 6.43. The number of hydrogen-bond donors (Lipinski definition) is 1. The average Bonchev–Trinajstić information content (AvgIpc) is 3.35. The van der Waals surface area contributed by atoms with Crippen LogP contribution in [0.15, 0.2) is 24.4 Å². The summed E-state index contributed by atoms with van der Waals surface area (Å²) < 4.78 is 12.6. The number of aryl methyl sites for hydroxylation is 1. The number of nitrogens with zero attached hydrogens (tertiary/aromatic N) is 2. The molecule has 0 bridgehead atoms. The standard InChI is InChI=1S/C20H19N3O3S/c1-25-12-8-16-14(17(9-12)26-2)6-7-23(16)11-19(24)22-20-15(10-21)13-4-3-5-18(13)27-20/h6-9H,3-5,11H2,1-2H3,(H,22,24). The summed E-state index contributed by atoms with van der Waals surface area (Å²) in [4.78, 5) is 13.9. The number of nitrogens with one attached hydrogen (secondary N) is 1.